The van der Waals surface area contributed by atoms with Gasteiger partial charge in [0.05, 0.1) is 5.75 Å². The highest BCUT2D eigenvalue weighted by Gasteiger charge is 2.29. The van der Waals surface area contributed by atoms with E-state index in [9.17, 15) is 8.42 Å². The number of alkyl halides is 1. The largest absolute Gasteiger partial charge is 0.229 e. The van der Waals surface area contributed by atoms with Crippen molar-refractivity contribution in [3.8, 4) is 0 Å². The summed E-state index contributed by atoms with van der Waals surface area (Å²) in [4.78, 5) is 0. The van der Waals surface area contributed by atoms with Crippen LogP contribution in [-0.2, 0) is 9.84 Å². The summed E-state index contributed by atoms with van der Waals surface area (Å²) >= 11 is 6.32. The molecule has 0 heterocycles. The molecule has 2 nitrogen and oxygen atoms in total. The average Bonchev–Trinajstić information content (AvgIpc) is 2.28. The summed E-state index contributed by atoms with van der Waals surface area (Å²) in [7, 11) is -2.84. The average molecular weight is 281 g/mol. The molecule has 102 valence electrons. The van der Waals surface area contributed by atoms with Crippen LogP contribution in [0.5, 0.6) is 0 Å². The molecule has 3 unspecified atom stereocenters. The molecule has 1 fully saturated rings. The molecule has 1 aliphatic carbocycles. The van der Waals surface area contributed by atoms with E-state index in [1.165, 1.54) is 12.8 Å². The van der Waals surface area contributed by atoms with Gasteiger partial charge in [0.25, 0.3) is 0 Å². The summed E-state index contributed by atoms with van der Waals surface area (Å²) in [6.07, 6.45) is 6.05. The molecule has 0 radical (unpaired) electrons. The summed E-state index contributed by atoms with van der Waals surface area (Å²) < 4.78 is 23.4. The van der Waals surface area contributed by atoms with Crippen LogP contribution in [-0.4, -0.2) is 25.3 Å². The van der Waals surface area contributed by atoms with Gasteiger partial charge in [-0.3, -0.25) is 0 Å². The first kappa shape index (κ1) is 15.3. The molecule has 0 saturated heterocycles. The minimum Gasteiger partial charge on any atom is -0.229 e. The van der Waals surface area contributed by atoms with Gasteiger partial charge in [-0.25, -0.2) is 8.42 Å². The third kappa shape index (κ3) is 5.17. The molecule has 1 aliphatic rings. The van der Waals surface area contributed by atoms with Crippen molar-refractivity contribution >= 4 is 21.4 Å². The third-order valence-corrected chi connectivity index (χ3v) is 6.35. The maximum atomic E-state index is 11.7. The van der Waals surface area contributed by atoms with Crippen LogP contribution < -0.4 is 0 Å². The number of hydrogen-bond acceptors (Lipinski definition) is 2. The Morgan fingerprint density at radius 2 is 1.88 bits per heavy atom. The Hall–Kier alpha value is 0.240. The first-order valence-electron chi connectivity index (χ1n) is 6.83. The van der Waals surface area contributed by atoms with Crippen LogP contribution in [0, 0.1) is 11.8 Å². The molecule has 3 atom stereocenters. The first-order chi connectivity index (χ1) is 7.98. The summed E-state index contributed by atoms with van der Waals surface area (Å²) in [5.41, 5.74) is 0. The van der Waals surface area contributed by atoms with Crippen molar-refractivity contribution in [2.45, 2.75) is 57.7 Å². The third-order valence-electron chi connectivity index (χ3n) is 3.89. The molecule has 0 amide bonds. The van der Waals surface area contributed by atoms with Gasteiger partial charge in [-0.15, -0.1) is 11.6 Å². The van der Waals surface area contributed by atoms with Gasteiger partial charge in [-0.1, -0.05) is 20.3 Å². The van der Waals surface area contributed by atoms with E-state index in [4.69, 9.17) is 11.6 Å². The van der Waals surface area contributed by atoms with E-state index in [0.717, 1.165) is 31.6 Å². The Morgan fingerprint density at radius 1 is 1.18 bits per heavy atom. The lowest BCUT2D eigenvalue weighted by Crippen LogP contribution is -2.27. The Kier molecular flexibility index (Phi) is 6.28. The van der Waals surface area contributed by atoms with E-state index < -0.39 is 9.84 Å². The molecule has 17 heavy (non-hydrogen) atoms. The topological polar surface area (TPSA) is 34.1 Å². The molecule has 4 heteroatoms. The SMILES string of the molecule is CCCS(=O)(=O)CCC1CC(CC)CCC1Cl. The second-order valence-corrected chi connectivity index (χ2v) is 8.17. The lowest BCUT2D eigenvalue weighted by atomic mass is 9.79. The van der Waals surface area contributed by atoms with Gasteiger partial charge in [0.15, 0.2) is 0 Å². The van der Waals surface area contributed by atoms with Crippen LogP contribution in [0.2, 0.25) is 0 Å². The molecule has 0 aromatic heterocycles. The zero-order chi connectivity index (χ0) is 12.9. The predicted molar refractivity (Wildman–Crippen MR) is 74.3 cm³/mol. The number of halogens is 1. The lowest BCUT2D eigenvalue weighted by molar-refractivity contribution is 0.261. The van der Waals surface area contributed by atoms with Crippen molar-refractivity contribution in [3.05, 3.63) is 0 Å². The van der Waals surface area contributed by atoms with Crippen LogP contribution in [0.1, 0.15) is 52.4 Å². The molecule has 0 spiro atoms. The molecule has 1 saturated carbocycles. The van der Waals surface area contributed by atoms with E-state index in [1.54, 1.807) is 0 Å². The van der Waals surface area contributed by atoms with Crippen LogP contribution in [0.4, 0.5) is 0 Å². The van der Waals surface area contributed by atoms with Gasteiger partial charge in [0.1, 0.15) is 9.84 Å². The van der Waals surface area contributed by atoms with Crippen LogP contribution in [0.25, 0.3) is 0 Å². The van der Waals surface area contributed by atoms with Crippen LogP contribution in [0.3, 0.4) is 0 Å². The lowest BCUT2D eigenvalue weighted by Gasteiger charge is -2.32. The highest BCUT2D eigenvalue weighted by atomic mass is 35.5. The molecular formula is C13H25ClO2S. The molecule has 0 aromatic rings. The van der Waals surface area contributed by atoms with E-state index in [1.807, 2.05) is 6.92 Å². The van der Waals surface area contributed by atoms with Gasteiger partial charge in [0.2, 0.25) is 0 Å². The molecule has 1 rings (SSSR count). The maximum Gasteiger partial charge on any atom is 0.150 e. The monoisotopic (exact) mass is 280 g/mol. The van der Waals surface area contributed by atoms with Crippen molar-refractivity contribution in [2.75, 3.05) is 11.5 Å². The van der Waals surface area contributed by atoms with Gasteiger partial charge in [0, 0.05) is 11.1 Å². The fraction of sp³-hybridized carbons (Fsp3) is 1.00. The maximum absolute atomic E-state index is 11.7. The summed E-state index contributed by atoms with van der Waals surface area (Å²) in [5, 5.41) is 0.189. The second-order valence-electron chi connectivity index (χ2n) is 5.30. The smallest absolute Gasteiger partial charge is 0.150 e. The molecule has 0 bridgehead atoms. The minimum absolute atomic E-state index is 0.189. The number of sulfone groups is 1. The fourth-order valence-corrected chi connectivity index (χ4v) is 4.58. The zero-order valence-electron chi connectivity index (χ0n) is 11.0. The predicted octanol–water partition coefficient (Wildman–Crippen LogP) is 3.64. The quantitative estimate of drug-likeness (QED) is 0.696. The molecular weight excluding hydrogens is 256 g/mol. The first-order valence-corrected chi connectivity index (χ1v) is 9.08. The molecule has 0 aliphatic heterocycles. The van der Waals surface area contributed by atoms with E-state index in [2.05, 4.69) is 6.92 Å². The Balaban J connectivity index is 2.44. The van der Waals surface area contributed by atoms with E-state index in [-0.39, 0.29) is 5.38 Å². The Morgan fingerprint density at radius 3 is 2.47 bits per heavy atom. The van der Waals surface area contributed by atoms with Gasteiger partial charge >= 0.3 is 0 Å². The molecule has 0 aromatic carbocycles. The second kappa shape index (κ2) is 6.98. The van der Waals surface area contributed by atoms with Gasteiger partial charge in [-0.05, 0) is 43.9 Å². The Labute approximate surface area is 111 Å². The van der Waals surface area contributed by atoms with Crippen LogP contribution in [0.15, 0.2) is 0 Å². The zero-order valence-corrected chi connectivity index (χ0v) is 12.6. The number of hydrogen-bond donors (Lipinski definition) is 0. The summed E-state index contributed by atoms with van der Waals surface area (Å²) in [6.45, 7) is 4.12. The normalized spacial score (nSPS) is 30.4. The highest BCUT2D eigenvalue weighted by Crippen LogP contribution is 2.36. The summed E-state index contributed by atoms with van der Waals surface area (Å²) in [6, 6.07) is 0. The fourth-order valence-electron chi connectivity index (χ4n) is 2.74. The van der Waals surface area contributed by atoms with Gasteiger partial charge in [-0.2, -0.15) is 0 Å². The van der Waals surface area contributed by atoms with Crippen molar-refractivity contribution < 1.29 is 8.42 Å². The molecule has 0 N–H and O–H groups in total. The minimum atomic E-state index is -2.84. The van der Waals surface area contributed by atoms with Crippen LogP contribution >= 0.6 is 11.6 Å². The van der Waals surface area contributed by atoms with E-state index >= 15 is 0 Å². The highest BCUT2D eigenvalue weighted by molar-refractivity contribution is 7.91. The number of rotatable bonds is 6. The van der Waals surface area contributed by atoms with Crippen molar-refractivity contribution in [1.29, 1.82) is 0 Å². The van der Waals surface area contributed by atoms with Gasteiger partial charge < -0.3 is 0 Å². The van der Waals surface area contributed by atoms with Crippen molar-refractivity contribution in [2.24, 2.45) is 11.8 Å². The van der Waals surface area contributed by atoms with E-state index in [0.29, 0.717) is 17.4 Å². The van der Waals surface area contributed by atoms with Crippen molar-refractivity contribution in [3.63, 3.8) is 0 Å². The standard InChI is InChI=1S/C13H25ClO2S/c1-3-8-17(15,16)9-7-12-10-11(4-2)5-6-13(12)14/h11-13H,3-10H2,1-2H3. The summed E-state index contributed by atoms with van der Waals surface area (Å²) in [5.74, 6) is 1.81. The van der Waals surface area contributed by atoms with Crippen molar-refractivity contribution in [1.82, 2.24) is 0 Å². The Bertz CT molecular complexity index is 313.